The van der Waals surface area contributed by atoms with Gasteiger partial charge < -0.3 is 19.6 Å². The second-order valence-corrected chi connectivity index (χ2v) is 5.66. The molecule has 1 unspecified atom stereocenters. The van der Waals surface area contributed by atoms with E-state index in [1.807, 2.05) is 30.3 Å². The van der Waals surface area contributed by atoms with Crippen molar-refractivity contribution < 1.29 is 19.1 Å². The molecule has 1 aliphatic rings. The number of hydrogen-bond donors (Lipinski definition) is 1. The molecule has 132 valence electrons. The summed E-state index contributed by atoms with van der Waals surface area (Å²) in [4.78, 5) is 25.2. The van der Waals surface area contributed by atoms with E-state index in [9.17, 15) is 9.59 Å². The van der Waals surface area contributed by atoms with E-state index in [-0.39, 0.29) is 13.0 Å². The molecule has 0 aliphatic carbocycles. The molecule has 0 radical (unpaired) electrons. The minimum atomic E-state index is -0.617. The fraction of sp³-hybridized carbons (Fsp3) is 0.222. The highest BCUT2D eigenvalue weighted by atomic mass is 16.5. The molecule has 0 spiro atoms. The van der Waals surface area contributed by atoms with Crippen molar-refractivity contribution in [3.63, 3.8) is 0 Å². The standard InChI is InChI=1S/C18H16N4O4/c19-22-21-16(24)8-13-6-7-15(25-10-12-4-2-1-3-5-12)17-18(13)26-11-14(9-23)20-17/h1-7,9,14,20H,8,10-11H2. The molecule has 1 N–H and O–H groups in total. The first-order valence-corrected chi connectivity index (χ1v) is 7.96. The van der Waals surface area contributed by atoms with Gasteiger partial charge in [-0.05, 0) is 22.3 Å². The van der Waals surface area contributed by atoms with Crippen LogP contribution < -0.4 is 14.8 Å². The van der Waals surface area contributed by atoms with Crippen molar-refractivity contribution in [3.05, 3.63) is 64.0 Å². The zero-order valence-corrected chi connectivity index (χ0v) is 13.8. The van der Waals surface area contributed by atoms with Crippen molar-refractivity contribution in [1.29, 1.82) is 0 Å². The van der Waals surface area contributed by atoms with Gasteiger partial charge in [-0.25, -0.2) is 0 Å². The Morgan fingerprint density at radius 1 is 1.35 bits per heavy atom. The number of fused-ring (bicyclic) bond motifs is 1. The number of benzene rings is 2. The minimum absolute atomic E-state index is 0.0984. The quantitative estimate of drug-likeness (QED) is 0.371. The fourth-order valence-corrected chi connectivity index (χ4v) is 2.63. The molecule has 0 saturated carbocycles. The second kappa shape index (κ2) is 8.04. The van der Waals surface area contributed by atoms with Crippen molar-refractivity contribution in [2.45, 2.75) is 19.1 Å². The van der Waals surface area contributed by atoms with E-state index in [2.05, 4.69) is 15.3 Å². The number of ether oxygens (including phenoxy) is 2. The molecule has 1 heterocycles. The first-order chi connectivity index (χ1) is 12.7. The van der Waals surface area contributed by atoms with Gasteiger partial charge in [0.1, 0.15) is 42.7 Å². The van der Waals surface area contributed by atoms with Crippen LogP contribution in [0.15, 0.2) is 47.6 Å². The number of nitrogens with zero attached hydrogens (tertiary/aromatic N) is 3. The Morgan fingerprint density at radius 2 is 2.15 bits per heavy atom. The maximum Gasteiger partial charge on any atom is 0.223 e. The summed E-state index contributed by atoms with van der Waals surface area (Å²) in [5.74, 6) is 0.319. The number of rotatable bonds is 6. The van der Waals surface area contributed by atoms with Crippen LogP contribution in [0.5, 0.6) is 11.5 Å². The Hall–Kier alpha value is -3.51. The average Bonchev–Trinajstić information content (AvgIpc) is 2.68. The molecule has 0 bridgehead atoms. The lowest BCUT2D eigenvalue weighted by molar-refractivity contribution is -0.117. The molecular weight excluding hydrogens is 336 g/mol. The Balaban J connectivity index is 1.88. The van der Waals surface area contributed by atoms with Crippen molar-refractivity contribution in [2.75, 3.05) is 11.9 Å². The van der Waals surface area contributed by atoms with E-state index in [0.717, 1.165) is 11.8 Å². The zero-order chi connectivity index (χ0) is 18.4. The smallest absolute Gasteiger partial charge is 0.223 e. The molecule has 0 saturated heterocycles. The predicted molar refractivity (Wildman–Crippen MR) is 94.0 cm³/mol. The molecule has 2 aromatic rings. The van der Waals surface area contributed by atoms with E-state index in [0.29, 0.717) is 29.4 Å². The van der Waals surface area contributed by atoms with Crippen molar-refractivity contribution in [3.8, 4) is 11.5 Å². The molecule has 2 aromatic carbocycles. The molecular formula is C18H16N4O4. The highest BCUT2D eigenvalue weighted by Crippen LogP contribution is 2.41. The molecule has 8 heteroatoms. The number of nitrogens with one attached hydrogen (secondary N) is 1. The van der Waals surface area contributed by atoms with E-state index in [4.69, 9.17) is 15.0 Å². The van der Waals surface area contributed by atoms with Gasteiger partial charge >= 0.3 is 0 Å². The van der Waals surface area contributed by atoms with Crippen LogP contribution in [0.4, 0.5) is 5.69 Å². The monoisotopic (exact) mass is 352 g/mol. The van der Waals surface area contributed by atoms with Crippen LogP contribution in [0.25, 0.3) is 10.4 Å². The van der Waals surface area contributed by atoms with Crippen molar-refractivity contribution in [2.24, 2.45) is 5.11 Å². The fourth-order valence-electron chi connectivity index (χ4n) is 2.63. The Labute approximate surface area is 149 Å². The number of azide groups is 1. The molecule has 0 aromatic heterocycles. The SMILES string of the molecule is [N-]=[N+]=NC(=O)Cc1ccc(OCc2ccccc2)c2c1OCC(C=O)N2. The predicted octanol–water partition coefficient (Wildman–Crippen LogP) is 3.02. The van der Waals surface area contributed by atoms with Gasteiger partial charge in [0, 0.05) is 16.9 Å². The highest BCUT2D eigenvalue weighted by Gasteiger charge is 2.25. The largest absolute Gasteiger partial charge is 0.488 e. The van der Waals surface area contributed by atoms with Gasteiger partial charge in [0.05, 0.1) is 0 Å². The number of hydrogen-bond acceptors (Lipinski definition) is 5. The summed E-state index contributed by atoms with van der Waals surface area (Å²) >= 11 is 0. The Bertz CT molecular complexity index is 863. The van der Waals surface area contributed by atoms with Crippen LogP contribution in [0.2, 0.25) is 0 Å². The van der Waals surface area contributed by atoms with E-state index in [1.54, 1.807) is 12.1 Å². The molecule has 8 nitrogen and oxygen atoms in total. The zero-order valence-electron chi connectivity index (χ0n) is 13.8. The van der Waals surface area contributed by atoms with Crippen LogP contribution in [0, 0.1) is 0 Å². The van der Waals surface area contributed by atoms with E-state index >= 15 is 0 Å². The maximum absolute atomic E-state index is 11.6. The Kier molecular flexibility index (Phi) is 5.36. The summed E-state index contributed by atoms with van der Waals surface area (Å²) in [6.07, 6.45) is 0.653. The topological polar surface area (TPSA) is 113 Å². The average molecular weight is 352 g/mol. The molecule has 0 fully saturated rings. The number of amides is 1. The number of carbonyl (C=O) groups is 2. The first kappa shape index (κ1) is 17.3. The van der Waals surface area contributed by atoms with Gasteiger partial charge in [-0.15, -0.1) is 0 Å². The summed E-state index contributed by atoms with van der Waals surface area (Å²) in [5, 5.41) is 6.14. The molecule has 1 aliphatic heterocycles. The minimum Gasteiger partial charge on any atom is -0.488 e. The van der Waals surface area contributed by atoms with Gasteiger partial charge in [0.2, 0.25) is 5.91 Å². The summed E-state index contributed by atoms with van der Waals surface area (Å²) in [6.45, 7) is 0.485. The third-order valence-electron chi connectivity index (χ3n) is 3.84. The second-order valence-electron chi connectivity index (χ2n) is 5.66. The summed E-state index contributed by atoms with van der Waals surface area (Å²) < 4.78 is 11.5. The normalized spacial score (nSPS) is 14.8. The molecule has 1 amide bonds. The highest BCUT2D eigenvalue weighted by molar-refractivity contribution is 5.83. The van der Waals surface area contributed by atoms with Crippen molar-refractivity contribution >= 4 is 17.9 Å². The van der Waals surface area contributed by atoms with Gasteiger partial charge in [0.15, 0.2) is 0 Å². The third-order valence-corrected chi connectivity index (χ3v) is 3.84. The maximum atomic E-state index is 11.6. The van der Waals surface area contributed by atoms with Crippen molar-refractivity contribution in [1.82, 2.24) is 0 Å². The lowest BCUT2D eigenvalue weighted by Gasteiger charge is -2.27. The van der Waals surface area contributed by atoms with Gasteiger partial charge in [-0.2, -0.15) is 0 Å². The summed E-state index contributed by atoms with van der Waals surface area (Å²) in [6, 6.07) is 12.5. The lowest BCUT2D eigenvalue weighted by Crippen LogP contribution is -2.33. The lowest BCUT2D eigenvalue weighted by atomic mass is 10.1. The van der Waals surface area contributed by atoms with E-state index < -0.39 is 11.9 Å². The van der Waals surface area contributed by atoms with Crippen LogP contribution >= 0.6 is 0 Å². The van der Waals surface area contributed by atoms with E-state index in [1.165, 1.54) is 0 Å². The van der Waals surface area contributed by atoms with Crippen LogP contribution in [-0.4, -0.2) is 24.8 Å². The molecule has 26 heavy (non-hydrogen) atoms. The summed E-state index contributed by atoms with van der Waals surface area (Å²) in [7, 11) is 0. The molecule has 1 atom stereocenters. The molecule has 3 rings (SSSR count). The number of carbonyl (C=O) groups excluding carboxylic acids is 2. The third kappa shape index (κ3) is 3.93. The van der Waals surface area contributed by atoms with Gasteiger partial charge in [0.25, 0.3) is 0 Å². The van der Waals surface area contributed by atoms with Crippen LogP contribution in [0.1, 0.15) is 11.1 Å². The van der Waals surface area contributed by atoms with Gasteiger partial charge in [-0.1, -0.05) is 36.4 Å². The first-order valence-electron chi connectivity index (χ1n) is 7.96. The van der Waals surface area contributed by atoms with Gasteiger partial charge in [-0.3, -0.25) is 4.79 Å². The summed E-state index contributed by atoms with van der Waals surface area (Å²) in [5.41, 5.74) is 10.4. The number of anilines is 1. The van der Waals surface area contributed by atoms with Crippen LogP contribution in [-0.2, 0) is 22.6 Å². The number of aldehydes is 1. The van der Waals surface area contributed by atoms with Crippen LogP contribution in [0.3, 0.4) is 0 Å². The Morgan fingerprint density at radius 3 is 2.88 bits per heavy atom.